The van der Waals surface area contributed by atoms with Gasteiger partial charge >= 0.3 is 0 Å². The van der Waals surface area contributed by atoms with Crippen LogP contribution in [-0.4, -0.2) is 53.7 Å². The van der Waals surface area contributed by atoms with Crippen molar-refractivity contribution in [3.63, 3.8) is 0 Å². The Morgan fingerprint density at radius 1 is 1.11 bits per heavy atom. The number of aliphatic hydroxyl groups is 1. The largest absolute Gasteiger partial charge is 0.493 e. The van der Waals surface area contributed by atoms with E-state index < -0.39 is 6.10 Å². The molecule has 38 heavy (non-hydrogen) atoms. The zero-order valence-corrected chi connectivity index (χ0v) is 22.3. The van der Waals surface area contributed by atoms with E-state index in [9.17, 15) is 14.7 Å². The zero-order chi connectivity index (χ0) is 25.8. The van der Waals surface area contributed by atoms with Crippen molar-refractivity contribution in [1.82, 2.24) is 15.5 Å². The van der Waals surface area contributed by atoms with Crippen molar-refractivity contribution in [3.8, 4) is 5.75 Å². The van der Waals surface area contributed by atoms with Crippen molar-refractivity contribution in [1.29, 1.82) is 0 Å². The van der Waals surface area contributed by atoms with E-state index in [1.807, 2.05) is 42.2 Å². The molecule has 0 saturated carbocycles. The second kappa shape index (κ2) is 12.4. The van der Waals surface area contributed by atoms with Crippen LogP contribution in [0.3, 0.4) is 0 Å². The average molecular weight is 536 g/mol. The number of amides is 2. The molecule has 3 aromatic rings. The van der Waals surface area contributed by atoms with Crippen LogP contribution < -0.4 is 15.4 Å². The fraction of sp³-hybridized carbons (Fsp3) is 0.333. The molecule has 0 radical (unpaired) electrons. The number of hydrogen-bond donors (Lipinski definition) is 3. The standard InChI is InChI=1S/C30H33N3O4.ClH/c1-2-37-28-16-24-23(19-33(30(24)36)13-12-20-8-4-3-5-9-20)14-25(28)29(35)32-18-27(34)26-15-21-10-6-7-11-22(21)17-31-26;/h3-11,14,16,26-27,31,34H,2,12-13,15,17-19H2,1H3,(H,32,35);1H/t26-,27?;/m0./s1. The Balaban J connectivity index is 0.00000336. The summed E-state index contributed by atoms with van der Waals surface area (Å²) in [6.07, 6.45) is 0.735. The highest BCUT2D eigenvalue weighted by Crippen LogP contribution is 2.31. The van der Waals surface area contributed by atoms with Gasteiger partial charge in [0.15, 0.2) is 0 Å². The van der Waals surface area contributed by atoms with Crippen molar-refractivity contribution in [3.05, 3.63) is 100 Å². The molecule has 1 unspecified atom stereocenters. The van der Waals surface area contributed by atoms with Crippen LogP contribution in [0.25, 0.3) is 0 Å². The lowest BCUT2D eigenvalue weighted by molar-refractivity contribution is 0.0779. The van der Waals surface area contributed by atoms with Crippen molar-refractivity contribution in [2.24, 2.45) is 0 Å². The molecule has 2 amide bonds. The first kappa shape index (κ1) is 27.6. The van der Waals surface area contributed by atoms with Crippen LogP contribution >= 0.6 is 12.4 Å². The number of nitrogens with zero attached hydrogens (tertiary/aromatic N) is 1. The molecule has 0 aromatic heterocycles. The first-order valence-corrected chi connectivity index (χ1v) is 12.9. The maximum atomic E-state index is 13.2. The van der Waals surface area contributed by atoms with E-state index in [0.29, 0.717) is 49.5 Å². The topological polar surface area (TPSA) is 90.9 Å². The SMILES string of the molecule is CCOc1cc2c(cc1C(=O)NCC(O)[C@@H]1Cc3ccccc3CN1)CN(CCc1ccccc1)C2=O.Cl. The highest BCUT2D eigenvalue weighted by molar-refractivity contribution is 6.03. The van der Waals surface area contributed by atoms with Gasteiger partial charge in [0.1, 0.15) is 5.75 Å². The minimum atomic E-state index is -0.739. The summed E-state index contributed by atoms with van der Waals surface area (Å²) in [5.41, 5.74) is 5.41. The zero-order valence-electron chi connectivity index (χ0n) is 21.5. The number of aliphatic hydroxyl groups excluding tert-OH is 1. The molecule has 3 aromatic carbocycles. The molecule has 5 rings (SSSR count). The van der Waals surface area contributed by atoms with Gasteiger partial charge in [0.25, 0.3) is 11.8 Å². The minimum absolute atomic E-state index is 0. The molecule has 7 nitrogen and oxygen atoms in total. The molecule has 0 aliphatic carbocycles. The molecule has 0 bridgehead atoms. The van der Waals surface area contributed by atoms with E-state index in [1.54, 1.807) is 12.1 Å². The summed E-state index contributed by atoms with van der Waals surface area (Å²) in [7, 11) is 0. The van der Waals surface area contributed by atoms with Crippen molar-refractivity contribution >= 4 is 24.2 Å². The Morgan fingerprint density at radius 2 is 1.84 bits per heavy atom. The molecule has 8 heteroatoms. The van der Waals surface area contributed by atoms with Crippen molar-refractivity contribution < 1.29 is 19.4 Å². The monoisotopic (exact) mass is 535 g/mol. The Hall–Kier alpha value is -3.39. The van der Waals surface area contributed by atoms with Gasteiger partial charge in [-0.05, 0) is 54.2 Å². The van der Waals surface area contributed by atoms with Gasteiger partial charge in [-0.3, -0.25) is 9.59 Å². The summed E-state index contributed by atoms with van der Waals surface area (Å²) in [6, 6.07) is 21.6. The summed E-state index contributed by atoms with van der Waals surface area (Å²) >= 11 is 0. The number of benzene rings is 3. The third-order valence-corrected chi connectivity index (χ3v) is 7.19. The van der Waals surface area contributed by atoms with E-state index in [-0.39, 0.29) is 36.8 Å². The van der Waals surface area contributed by atoms with Crippen LogP contribution in [0.1, 0.15) is 49.9 Å². The van der Waals surface area contributed by atoms with E-state index in [0.717, 1.165) is 12.0 Å². The first-order valence-electron chi connectivity index (χ1n) is 12.9. The van der Waals surface area contributed by atoms with Gasteiger partial charge in [-0.1, -0.05) is 54.6 Å². The molecule has 200 valence electrons. The summed E-state index contributed by atoms with van der Waals surface area (Å²) in [5.74, 6) is 0.0193. The third-order valence-electron chi connectivity index (χ3n) is 7.19. The van der Waals surface area contributed by atoms with Gasteiger partial charge in [0.2, 0.25) is 0 Å². The second-order valence-corrected chi connectivity index (χ2v) is 9.64. The molecule has 0 saturated heterocycles. The summed E-state index contributed by atoms with van der Waals surface area (Å²) in [5, 5.41) is 17.0. The number of halogens is 1. The maximum Gasteiger partial charge on any atom is 0.255 e. The molecule has 3 N–H and O–H groups in total. The summed E-state index contributed by atoms with van der Waals surface area (Å²) in [4.78, 5) is 28.1. The molecular formula is C30H34ClN3O4. The van der Waals surface area contributed by atoms with Crippen LogP contribution in [0.5, 0.6) is 5.75 Å². The van der Waals surface area contributed by atoms with E-state index in [1.165, 1.54) is 16.7 Å². The predicted molar refractivity (Wildman–Crippen MR) is 149 cm³/mol. The molecule has 2 atom stereocenters. The van der Waals surface area contributed by atoms with Gasteiger partial charge in [-0.2, -0.15) is 0 Å². The fourth-order valence-corrected chi connectivity index (χ4v) is 5.13. The molecule has 0 spiro atoms. The number of ether oxygens (including phenoxy) is 1. The van der Waals surface area contributed by atoms with Gasteiger partial charge in [-0.25, -0.2) is 0 Å². The number of nitrogens with one attached hydrogen (secondary N) is 2. The summed E-state index contributed by atoms with van der Waals surface area (Å²) in [6.45, 7) is 4.09. The summed E-state index contributed by atoms with van der Waals surface area (Å²) < 4.78 is 5.75. The Bertz CT molecular complexity index is 1280. The van der Waals surface area contributed by atoms with Gasteiger partial charge in [0, 0.05) is 37.8 Å². The number of hydrogen-bond acceptors (Lipinski definition) is 5. The molecule has 2 aliphatic rings. The van der Waals surface area contributed by atoms with Crippen LogP contribution in [-0.2, 0) is 25.9 Å². The predicted octanol–water partition coefficient (Wildman–Crippen LogP) is 3.51. The number of carbonyl (C=O) groups is 2. The lowest BCUT2D eigenvalue weighted by Crippen LogP contribution is -2.49. The Morgan fingerprint density at radius 3 is 2.61 bits per heavy atom. The molecule has 2 aliphatic heterocycles. The highest BCUT2D eigenvalue weighted by Gasteiger charge is 2.31. The number of fused-ring (bicyclic) bond motifs is 2. The van der Waals surface area contributed by atoms with E-state index in [4.69, 9.17) is 4.74 Å². The van der Waals surface area contributed by atoms with Crippen molar-refractivity contribution in [2.75, 3.05) is 19.7 Å². The molecule has 0 fully saturated rings. The number of rotatable bonds is 9. The van der Waals surface area contributed by atoms with Crippen LogP contribution in [0.4, 0.5) is 0 Å². The van der Waals surface area contributed by atoms with E-state index in [2.05, 4.69) is 34.9 Å². The average Bonchev–Trinajstić information content (AvgIpc) is 3.24. The molecular weight excluding hydrogens is 502 g/mol. The highest BCUT2D eigenvalue weighted by atomic mass is 35.5. The fourth-order valence-electron chi connectivity index (χ4n) is 5.13. The molecule has 2 heterocycles. The Labute approximate surface area is 229 Å². The smallest absolute Gasteiger partial charge is 0.255 e. The Kier molecular flexibility index (Phi) is 9.05. The van der Waals surface area contributed by atoms with Crippen molar-refractivity contribution in [2.45, 2.75) is 45.0 Å². The van der Waals surface area contributed by atoms with Crippen LogP contribution in [0.15, 0.2) is 66.7 Å². The van der Waals surface area contributed by atoms with E-state index >= 15 is 0 Å². The van der Waals surface area contributed by atoms with Gasteiger partial charge in [0.05, 0.1) is 18.3 Å². The first-order chi connectivity index (χ1) is 18.0. The lowest BCUT2D eigenvalue weighted by Gasteiger charge is -2.30. The normalized spacial score (nSPS) is 16.7. The third kappa shape index (κ3) is 6.01. The minimum Gasteiger partial charge on any atom is -0.493 e. The van der Waals surface area contributed by atoms with Gasteiger partial charge in [-0.15, -0.1) is 12.4 Å². The van der Waals surface area contributed by atoms with Crippen LogP contribution in [0, 0.1) is 0 Å². The van der Waals surface area contributed by atoms with Gasteiger partial charge < -0.3 is 25.4 Å². The van der Waals surface area contributed by atoms with Crippen LogP contribution in [0.2, 0.25) is 0 Å². The number of carbonyl (C=O) groups excluding carboxylic acids is 2. The quantitative estimate of drug-likeness (QED) is 0.390. The second-order valence-electron chi connectivity index (χ2n) is 9.64. The maximum absolute atomic E-state index is 13.2. The lowest BCUT2D eigenvalue weighted by atomic mass is 9.93.